The molecule has 2 aromatic rings. The summed E-state index contributed by atoms with van der Waals surface area (Å²) in [7, 11) is 0. The number of aliphatic hydroxyl groups is 1. The first kappa shape index (κ1) is 37.3. The minimum absolute atomic E-state index is 0.0251. The normalized spacial score (nSPS) is 24.4. The maximum atomic E-state index is 12.3. The number of rotatable bonds is 7. The van der Waals surface area contributed by atoms with E-state index >= 15 is 0 Å². The Labute approximate surface area is 265 Å². The molecule has 0 aromatic heterocycles. The van der Waals surface area contributed by atoms with Gasteiger partial charge in [0, 0.05) is 24.3 Å². The van der Waals surface area contributed by atoms with Crippen molar-refractivity contribution in [2.75, 3.05) is 0 Å². The number of ether oxygens (including phenoxy) is 1. The van der Waals surface area contributed by atoms with Crippen LogP contribution in [-0.4, -0.2) is 44.2 Å². The average Bonchev–Trinajstić information content (AvgIpc) is 2.97. The zero-order chi connectivity index (χ0) is 33.8. The lowest BCUT2D eigenvalue weighted by Crippen LogP contribution is -2.35. The predicted molar refractivity (Wildman–Crippen MR) is 171 cm³/mol. The molecule has 0 saturated heterocycles. The maximum Gasteiger partial charge on any atom is 0.338 e. The molecule has 4 rings (SSSR count). The van der Waals surface area contributed by atoms with Crippen molar-refractivity contribution in [2.24, 2.45) is 35.5 Å². The van der Waals surface area contributed by atoms with E-state index in [4.69, 9.17) is 9.84 Å². The van der Waals surface area contributed by atoms with Crippen molar-refractivity contribution in [1.29, 1.82) is 0 Å². The van der Waals surface area contributed by atoms with Gasteiger partial charge in [0.25, 0.3) is 11.4 Å². The molecule has 0 bridgehead atoms. The van der Waals surface area contributed by atoms with Crippen LogP contribution in [0.15, 0.2) is 48.5 Å². The second-order valence-electron chi connectivity index (χ2n) is 13.1. The topological polar surface area (TPSA) is 170 Å². The monoisotopic (exact) mass is 628 g/mol. The van der Waals surface area contributed by atoms with Crippen LogP contribution in [0, 0.1) is 55.7 Å². The van der Waals surface area contributed by atoms with Crippen LogP contribution < -0.4 is 0 Å². The van der Waals surface area contributed by atoms with Crippen LogP contribution >= 0.6 is 0 Å². The van der Waals surface area contributed by atoms with Gasteiger partial charge in [0.1, 0.15) is 6.10 Å². The van der Waals surface area contributed by atoms with Gasteiger partial charge >= 0.3 is 11.9 Å². The summed E-state index contributed by atoms with van der Waals surface area (Å²) in [5.41, 5.74) is 0.273. The smallest absolute Gasteiger partial charge is 0.338 e. The number of nitro benzene ring substituents is 2. The molecule has 0 heterocycles. The molecule has 0 amide bonds. The van der Waals surface area contributed by atoms with E-state index in [9.17, 15) is 34.9 Å². The average molecular weight is 629 g/mol. The highest BCUT2D eigenvalue weighted by atomic mass is 16.6. The Hall–Kier alpha value is -3.86. The van der Waals surface area contributed by atoms with E-state index < -0.39 is 15.8 Å². The quantitative estimate of drug-likeness (QED) is 0.175. The molecule has 2 fully saturated rings. The molecule has 2 aliphatic carbocycles. The van der Waals surface area contributed by atoms with Crippen LogP contribution in [0.4, 0.5) is 11.4 Å². The van der Waals surface area contributed by atoms with Crippen LogP contribution in [0.5, 0.6) is 0 Å². The first-order valence-corrected chi connectivity index (χ1v) is 15.7. The minimum Gasteiger partial charge on any atom is -0.478 e. The zero-order valence-electron chi connectivity index (χ0n) is 27.1. The van der Waals surface area contributed by atoms with Crippen molar-refractivity contribution in [3.8, 4) is 0 Å². The van der Waals surface area contributed by atoms with E-state index in [0.29, 0.717) is 35.2 Å². The summed E-state index contributed by atoms with van der Waals surface area (Å²) in [6.45, 7) is 13.2. The number of carbonyl (C=O) groups is 2. The van der Waals surface area contributed by atoms with Gasteiger partial charge in [-0.25, -0.2) is 9.59 Å². The third-order valence-corrected chi connectivity index (χ3v) is 8.85. The van der Waals surface area contributed by atoms with E-state index in [1.54, 1.807) is 0 Å². The molecule has 6 atom stereocenters. The first-order valence-electron chi connectivity index (χ1n) is 15.7. The summed E-state index contributed by atoms with van der Waals surface area (Å²) in [6.07, 6.45) is 6.60. The van der Waals surface area contributed by atoms with E-state index in [-0.39, 0.29) is 35.1 Å². The van der Waals surface area contributed by atoms with Gasteiger partial charge in [0.05, 0.1) is 27.1 Å². The highest BCUT2D eigenvalue weighted by Gasteiger charge is 2.33. The fourth-order valence-electron chi connectivity index (χ4n) is 6.05. The number of aliphatic hydroxyl groups excluding tert-OH is 1. The number of carboxylic acids is 1. The molecule has 0 unspecified atom stereocenters. The molecule has 248 valence electrons. The summed E-state index contributed by atoms with van der Waals surface area (Å²) < 4.78 is 5.71. The van der Waals surface area contributed by atoms with Gasteiger partial charge in [0.2, 0.25) is 0 Å². The second-order valence-corrected chi connectivity index (χ2v) is 13.1. The number of carboxylic acid groups (broad SMARTS) is 1. The number of carbonyl (C=O) groups excluding carboxylic acids is 1. The van der Waals surface area contributed by atoms with Gasteiger partial charge in [0.15, 0.2) is 0 Å². The number of nitrogens with zero attached hydrogens (tertiary/aromatic N) is 2. The molecule has 0 aliphatic heterocycles. The highest BCUT2D eigenvalue weighted by Crippen LogP contribution is 2.36. The SMILES string of the molecule is CC(C)[C@@H]1CC[C@@H](C)C[C@@H]1OC(=O)c1ccc([N+](=O)[O-])cc1.CC(C)[C@@H]1CC[C@@H](C)C[C@H]1O.O=C(O)c1ccc([N+](=O)[O-])cc1. The number of aromatic carboxylic acids is 1. The molecule has 0 radical (unpaired) electrons. The molecular formula is C34H48N2O9. The standard InChI is InChI=1S/C17H23NO4.C10H20O.C7H5NO4/c1-11(2)15-9-4-12(3)10-16(15)22-17(19)13-5-7-14(8-6-13)18(20)21;1-7(2)9-5-4-8(3)6-10(9)11;9-7(10)5-1-3-6(4-2-5)8(11)12/h5-8,11-12,15-16H,4,9-10H2,1-3H3;7-11H,4-6H2,1-3H3;1-4H,(H,9,10)/t12-,15+,16+;8-,9+,10-;/m11./s1. The Balaban J connectivity index is 0.000000259. The summed E-state index contributed by atoms with van der Waals surface area (Å²) in [5.74, 6) is 1.89. The van der Waals surface area contributed by atoms with Crippen LogP contribution in [0.3, 0.4) is 0 Å². The number of esters is 1. The molecule has 0 spiro atoms. The van der Waals surface area contributed by atoms with Gasteiger partial charge in [-0.1, -0.05) is 54.4 Å². The van der Waals surface area contributed by atoms with Crippen molar-refractivity contribution in [3.63, 3.8) is 0 Å². The number of hydrogen-bond donors (Lipinski definition) is 2. The fourth-order valence-corrected chi connectivity index (χ4v) is 6.05. The third-order valence-electron chi connectivity index (χ3n) is 8.85. The lowest BCUT2D eigenvalue weighted by molar-refractivity contribution is -0.385. The van der Waals surface area contributed by atoms with Gasteiger partial charge < -0.3 is 14.9 Å². The lowest BCUT2D eigenvalue weighted by Gasteiger charge is -2.36. The van der Waals surface area contributed by atoms with Crippen LogP contribution in [0.1, 0.15) is 101 Å². The maximum absolute atomic E-state index is 12.3. The van der Waals surface area contributed by atoms with Crippen LogP contribution in [0.2, 0.25) is 0 Å². The summed E-state index contributed by atoms with van der Waals surface area (Å²) in [4.78, 5) is 42.3. The lowest BCUT2D eigenvalue weighted by atomic mass is 9.75. The largest absolute Gasteiger partial charge is 0.478 e. The fraction of sp³-hybridized carbons (Fsp3) is 0.588. The number of nitro groups is 2. The molecule has 2 aromatic carbocycles. The van der Waals surface area contributed by atoms with E-state index in [0.717, 1.165) is 37.3 Å². The first-order chi connectivity index (χ1) is 21.1. The van der Waals surface area contributed by atoms with Crippen molar-refractivity contribution in [1.82, 2.24) is 0 Å². The van der Waals surface area contributed by atoms with Crippen molar-refractivity contribution in [2.45, 2.75) is 92.3 Å². The van der Waals surface area contributed by atoms with Crippen LogP contribution in [-0.2, 0) is 4.74 Å². The van der Waals surface area contributed by atoms with Crippen molar-refractivity contribution in [3.05, 3.63) is 79.9 Å². The third kappa shape index (κ3) is 11.9. The molecular weight excluding hydrogens is 580 g/mol. The van der Waals surface area contributed by atoms with E-state index in [1.807, 2.05) is 0 Å². The Kier molecular flexibility index (Phi) is 14.6. The van der Waals surface area contributed by atoms with Crippen molar-refractivity contribution >= 4 is 23.3 Å². The number of benzene rings is 2. The Morgan fingerprint density at radius 1 is 0.733 bits per heavy atom. The molecule has 2 aliphatic rings. The molecule has 2 N–H and O–H groups in total. The summed E-state index contributed by atoms with van der Waals surface area (Å²) in [6, 6.07) is 10.3. The van der Waals surface area contributed by atoms with Gasteiger partial charge in [-0.3, -0.25) is 20.2 Å². The summed E-state index contributed by atoms with van der Waals surface area (Å²) >= 11 is 0. The Morgan fingerprint density at radius 2 is 1.16 bits per heavy atom. The highest BCUT2D eigenvalue weighted by molar-refractivity contribution is 5.89. The predicted octanol–water partition coefficient (Wildman–Crippen LogP) is 7.94. The van der Waals surface area contributed by atoms with Gasteiger partial charge in [-0.05, 0) is 85.5 Å². The molecule has 2 saturated carbocycles. The van der Waals surface area contributed by atoms with Crippen molar-refractivity contribution < 1.29 is 34.4 Å². The van der Waals surface area contributed by atoms with E-state index in [1.165, 1.54) is 55.7 Å². The minimum atomic E-state index is -1.09. The number of non-ortho nitro benzene ring substituents is 2. The zero-order valence-corrected chi connectivity index (χ0v) is 27.1. The second kappa shape index (κ2) is 17.6. The Morgan fingerprint density at radius 3 is 1.56 bits per heavy atom. The van der Waals surface area contributed by atoms with Crippen LogP contribution in [0.25, 0.3) is 0 Å². The summed E-state index contributed by atoms with van der Waals surface area (Å²) in [5, 5.41) is 38.9. The number of hydrogen-bond acceptors (Lipinski definition) is 8. The Bertz CT molecular complexity index is 1230. The van der Waals surface area contributed by atoms with Gasteiger partial charge in [-0.15, -0.1) is 0 Å². The molecule has 45 heavy (non-hydrogen) atoms. The van der Waals surface area contributed by atoms with E-state index in [2.05, 4.69) is 41.5 Å². The molecule has 11 heteroatoms. The molecule has 11 nitrogen and oxygen atoms in total. The van der Waals surface area contributed by atoms with Gasteiger partial charge in [-0.2, -0.15) is 0 Å².